The lowest BCUT2D eigenvalue weighted by atomic mass is 10.2. The second-order valence-electron chi connectivity index (χ2n) is 3.26. The van der Waals surface area contributed by atoms with Crippen molar-refractivity contribution in [1.29, 1.82) is 0 Å². The first kappa shape index (κ1) is 11.6. The Labute approximate surface area is 105 Å². The van der Waals surface area contributed by atoms with E-state index in [1.807, 2.05) is 6.07 Å². The average Bonchev–Trinajstić information content (AvgIpc) is 2.26. The molecule has 2 N–H and O–H groups in total. The lowest BCUT2D eigenvalue weighted by Gasteiger charge is -2.08. The molecule has 0 aliphatic heterocycles. The topological polar surface area (TPSA) is 60.9 Å². The zero-order valence-electron chi connectivity index (χ0n) is 8.28. The van der Waals surface area contributed by atoms with E-state index >= 15 is 0 Å². The smallest absolute Gasteiger partial charge is 0.262 e. The molecule has 2 rings (SSSR count). The van der Waals surface area contributed by atoms with Crippen LogP contribution in [0.5, 0.6) is 0 Å². The summed E-state index contributed by atoms with van der Waals surface area (Å²) in [5.74, 6) is 0. The van der Waals surface area contributed by atoms with Crippen LogP contribution in [0.1, 0.15) is 0 Å². The van der Waals surface area contributed by atoms with Gasteiger partial charge < -0.3 is 5.73 Å². The average molecular weight is 303 g/mol. The number of hydrogen-bond donors (Lipinski definition) is 1. The summed E-state index contributed by atoms with van der Waals surface area (Å²) in [4.78, 5) is 16.2. The van der Waals surface area contributed by atoms with Crippen molar-refractivity contribution < 1.29 is 0 Å². The minimum atomic E-state index is -0.165. The fourth-order valence-corrected chi connectivity index (χ4v) is 2.21. The highest BCUT2D eigenvalue weighted by atomic mass is 79.9. The fraction of sp³-hybridized carbons (Fsp3) is 0.200. The molecule has 1 aromatic heterocycles. The van der Waals surface area contributed by atoms with E-state index in [0.29, 0.717) is 24.0 Å². The van der Waals surface area contributed by atoms with Crippen molar-refractivity contribution in [2.24, 2.45) is 5.73 Å². The van der Waals surface area contributed by atoms with Crippen molar-refractivity contribution in [3.05, 3.63) is 38.3 Å². The van der Waals surface area contributed by atoms with Gasteiger partial charge in [-0.25, -0.2) is 4.98 Å². The molecule has 0 unspecified atom stereocenters. The lowest BCUT2D eigenvalue weighted by molar-refractivity contribution is 0.674. The largest absolute Gasteiger partial charge is 0.329 e. The standard InChI is InChI=1S/C10H9BrClN3O/c11-7-3-1-2-6-8(7)14-10(12)15(5-4-13)9(6)16/h1-3H,4-5,13H2. The molecule has 84 valence electrons. The molecule has 0 aliphatic carbocycles. The maximum Gasteiger partial charge on any atom is 0.262 e. The highest BCUT2D eigenvalue weighted by molar-refractivity contribution is 9.10. The Morgan fingerprint density at radius 1 is 1.50 bits per heavy atom. The van der Waals surface area contributed by atoms with Crippen LogP contribution in [0.4, 0.5) is 0 Å². The van der Waals surface area contributed by atoms with Crippen LogP contribution >= 0.6 is 27.5 Å². The molecule has 2 aromatic rings. The van der Waals surface area contributed by atoms with Crippen molar-refractivity contribution in [2.45, 2.75) is 6.54 Å². The van der Waals surface area contributed by atoms with Gasteiger partial charge in [0.1, 0.15) is 0 Å². The number of aromatic nitrogens is 2. The number of para-hydroxylation sites is 1. The summed E-state index contributed by atoms with van der Waals surface area (Å²) in [6, 6.07) is 5.33. The third kappa shape index (κ3) is 1.86. The zero-order valence-corrected chi connectivity index (χ0v) is 10.6. The fourth-order valence-electron chi connectivity index (χ4n) is 1.51. The lowest BCUT2D eigenvalue weighted by Crippen LogP contribution is -2.25. The van der Waals surface area contributed by atoms with Gasteiger partial charge in [-0.3, -0.25) is 9.36 Å². The van der Waals surface area contributed by atoms with Crippen LogP contribution in [0.25, 0.3) is 10.9 Å². The summed E-state index contributed by atoms with van der Waals surface area (Å²) in [7, 11) is 0. The van der Waals surface area contributed by atoms with Crippen LogP contribution in [0.2, 0.25) is 5.28 Å². The predicted octanol–water partition coefficient (Wildman–Crippen LogP) is 1.77. The normalized spacial score (nSPS) is 10.9. The molecule has 16 heavy (non-hydrogen) atoms. The van der Waals surface area contributed by atoms with E-state index in [9.17, 15) is 4.79 Å². The first-order valence-electron chi connectivity index (χ1n) is 4.70. The number of hydrogen-bond acceptors (Lipinski definition) is 3. The van der Waals surface area contributed by atoms with Crippen molar-refractivity contribution in [2.75, 3.05) is 6.54 Å². The SMILES string of the molecule is NCCn1c(Cl)nc2c(Br)cccc2c1=O. The summed E-state index contributed by atoms with van der Waals surface area (Å²) in [5, 5.41) is 0.696. The highest BCUT2D eigenvalue weighted by Crippen LogP contribution is 2.20. The van der Waals surface area contributed by atoms with Crippen molar-refractivity contribution >= 4 is 38.4 Å². The molecule has 0 bridgehead atoms. The molecular weight excluding hydrogens is 293 g/mol. The summed E-state index contributed by atoms with van der Waals surface area (Å²) >= 11 is 9.27. The molecule has 6 heteroatoms. The number of benzene rings is 1. The van der Waals surface area contributed by atoms with E-state index in [1.165, 1.54) is 4.57 Å². The van der Waals surface area contributed by atoms with Gasteiger partial charge in [0.25, 0.3) is 5.56 Å². The van der Waals surface area contributed by atoms with Gasteiger partial charge in [0.05, 0.1) is 10.9 Å². The Kier molecular flexibility index (Phi) is 3.28. The maximum absolute atomic E-state index is 12.1. The third-order valence-corrected chi connectivity index (χ3v) is 3.17. The van der Waals surface area contributed by atoms with Gasteiger partial charge in [-0.2, -0.15) is 0 Å². The Balaban J connectivity index is 2.84. The molecule has 0 spiro atoms. The Hall–Kier alpha value is -0.910. The van der Waals surface area contributed by atoms with E-state index in [0.717, 1.165) is 4.47 Å². The number of halogens is 2. The van der Waals surface area contributed by atoms with Crippen LogP contribution in [0, 0.1) is 0 Å². The Morgan fingerprint density at radius 2 is 2.25 bits per heavy atom. The first-order valence-corrected chi connectivity index (χ1v) is 5.87. The first-order chi connectivity index (χ1) is 7.65. The van der Waals surface area contributed by atoms with E-state index in [2.05, 4.69) is 20.9 Å². The molecule has 1 aromatic carbocycles. The van der Waals surface area contributed by atoms with Gasteiger partial charge in [-0.15, -0.1) is 0 Å². The van der Waals surface area contributed by atoms with E-state index in [1.54, 1.807) is 12.1 Å². The Bertz CT molecular complexity index is 596. The summed E-state index contributed by atoms with van der Waals surface area (Å²) in [6.07, 6.45) is 0. The van der Waals surface area contributed by atoms with Crippen LogP contribution in [-0.2, 0) is 6.54 Å². The highest BCUT2D eigenvalue weighted by Gasteiger charge is 2.10. The summed E-state index contributed by atoms with van der Waals surface area (Å²) < 4.78 is 2.12. The van der Waals surface area contributed by atoms with Crippen LogP contribution in [0.15, 0.2) is 27.5 Å². The third-order valence-electron chi connectivity index (χ3n) is 2.24. The number of nitrogens with zero attached hydrogens (tertiary/aromatic N) is 2. The number of rotatable bonds is 2. The monoisotopic (exact) mass is 301 g/mol. The molecule has 0 amide bonds. The number of fused-ring (bicyclic) bond motifs is 1. The maximum atomic E-state index is 12.1. The second-order valence-corrected chi connectivity index (χ2v) is 4.45. The van der Waals surface area contributed by atoms with Gasteiger partial charge in [-0.05, 0) is 39.7 Å². The minimum Gasteiger partial charge on any atom is -0.329 e. The van der Waals surface area contributed by atoms with Gasteiger partial charge in [0.2, 0.25) is 5.28 Å². The van der Waals surface area contributed by atoms with Gasteiger partial charge >= 0.3 is 0 Å². The molecule has 0 aliphatic rings. The minimum absolute atomic E-state index is 0.162. The van der Waals surface area contributed by atoms with Crippen molar-refractivity contribution in [3.8, 4) is 0 Å². The van der Waals surface area contributed by atoms with Crippen LogP contribution in [-0.4, -0.2) is 16.1 Å². The zero-order chi connectivity index (χ0) is 11.7. The van der Waals surface area contributed by atoms with Crippen LogP contribution in [0.3, 0.4) is 0 Å². The van der Waals surface area contributed by atoms with Gasteiger partial charge in [0.15, 0.2) is 0 Å². The Morgan fingerprint density at radius 3 is 2.94 bits per heavy atom. The predicted molar refractivity (Wildman–Crippen MR) is 67.8 cm³/mol. The van der Waals surface area contributed by atoms with Crippen molar-refractivity contribution in [1.82, 2.24) is 9.55 Å². The van der Waals surface area contributed by atoms with Gasteiger partial charge in [0, 0.05) is 17.6 Å². The quantitative estimate of drug-likeness (QED) is 0.860. The number of nitrogens with two attached hydrogens (primary N) is 1. The van der Waals surface area contributed by atoms with E-state index in [4.69, 9.17) is 17.3 Å². The molecule has 1 heterocycles. The molecule has 0 fully saturated rings. The molecule has 0 saturated carbocycles. The van der Waals surface area contributed by atoms with E-state index < -0.39 is 0 Å². The summed E-state index contributed by atoms with van der Waals surface area (Å²) in [5.41, 5.74) is 5.83. The van der Waals surface area contributed by atoms with Crippen molar-refractivity contribution in [3.63, 3.8) is 0 Å². The second kappa shape index (κ2) is 4.53. The van der Waals surface area contributed by atoms with Crippen LogP contribution < -0.4 is 11.3 Å². The van der Waals surface area contributed by atoms with Gasteiger partial charge in [-0.1, -0.05) is 6.07 Å². The molecular formula is C10H9BrClN3O. The molecule has 4 nitrogen and oxygen atoms in total. The molecule has 0 radical (unpaired) electrons. The summed E-state index contributed by atoms with van der Waals surface area (Å²) in [6.45, 7) is 0.716. The molecule has 0 atom stereocenters. The van der Waals surface area contributed by atoms with E-state index in [-0.39, 0.29) is 10.8 Å². The molecule has 0 saturated heterocycles.